The smallest absolute Gasteiger partial charge is 0.307 e. The molecule has 0 fully saturated rings. The average molecular weight is 232 g/mol. The Labute approximate surface area is 97.6 Å². The molecule has 1 aromatic carbocycles. The number of hydrazine groups is 1. The van der Waals surface area contributed by atoms with Crippen LogP contribution in [0.5, 0.6) is 0 Å². The molecule has 88 valence electrons. The molecule has 2 aromatic rings. The van der Waals surface area contributed by atoms with Crippen LogP contribution in [0.15, 0.2) is 36.7 Å². The fourth-order valence-corrected chi connectivity index (χ4v) is 1.35. The van der Waals surface area contributed by atoms with Gasteiger partial charge in [0, 0.05) is 5.69 Å². The summed E-state index contributed by atoms with van der Waals surface area (Å²) in [6, 6.07) is 6.89. The normalized spacial score (nSPS) is 9.94. The summed E-state index contributed by atoms with van der Waals surface area (Å²) in [6.07, 6.45) is 3.25. The van der Waals surface area contributed by atoms with E-state index in [2.05, 4.69) is 15.5 Å². The molecule has 0 aliphatic carbocycles. The third-order valence-corrected chi connectivity index (χ3v) is 2.13. The number of carbonyl (C=O) groups excluding carboxylic acids is 1. The van der Waals surface area contributed by atoms with Crippen LogP contribution < -0.4 is 16.6 Å². The quantitative estimate of drug-likeness (QED) is 0.403. The minimum Gasteiger partial charge on any atom is -0.307 e. The summed E-state index contributed by atoms with van der Waals surface area (Å²) >= 11 is 0. The van der Waals surface area contributed by atoms with E-state index in [0.29, 0.717) is 12.2 Å². The second-order valence-electron chi connectivity index (χ2n) is 3.35. The fourth-order valence-electron chi connectivity index (χ4n) is 1.35. The molecule has 7 nitrogen and oxygen atoms in total. The molecule has 0 radical (unpaired) electrons. The highest BCUT2D eigenvalue weighted by Crippen LogP contribution is 2.09. The van der Waals surface area contributed by atoms with Crippen LogP contribution in [0.4, 0.5) is 10.5 Å². The van der Waals surface area contributed by atoms with Crippen molar-refractivity contribution in [1.82, 2.24) is 20.4 Å². The van der Waals surface area contributed by atoms with Crippen molar-refractivity contribution in [3.8, 4) is 0 Å². The highest BCUT2D eigenvalue weighted by molar-refractivity contribution is 5.88. The lowest BCUT2D eigenvalue weighted by molar-refractivity contribution is 0.252. The molecule has 0 bridgehead atoms. The number of hydrogen-bond donors (Lipinski definition) is 3. The Bertz CT molecular complexity index is 478. The Morgan fingerprint density at radius 1 is 1.24 bits per heavy atom. The zero-order chi connectivity index (χ0) is 12.1. The van der Waals surface area contributed by atoms with Crippen molar-refractivity contribution in [2.45, 2.75) is 6.54 Å². The number of nitrogens with one attached hydrogen (secondary N) is 2. The van der Waals surface area contributed by atoms with Crippen LogP contribution in [0, 0.1) is 0 Å². The number of anilines is 1. The Balaban J connectivity index is 2.00. The molecule has 0 aliphatic heterocycles. The highest BCUT2D eigenvalue weighted by atomic mass is 16.2. The van der Waals surface area contributed by atoms with Crippen LogP contribution in [-0.4, -0.2) is 21.0 Å². The standard InChI is InChI=1S/C10H12N6O/c11-15-10(17)14-9-3-1-8(2-4-9)7-16-12-5-6-13-16/h1-6H,7,11H2,(H2,14,15,17). The molecular formula is C10H12N6O. The van der Waals surface area contributed by atoms with E-state index in [-0.39, 0.29) is 0 Å². The van der Waals surface area contributed by atoms with Gasteiger partial charge in [-0.15, -0.1) is 0 Å². The van der Waals surface area contributed by atoms with Gasteiger partial charge in [-0.1, -0.05) is 12.1 Å². The summed E-state index contributed by atoms with van der Waals surface area (Å²) < 4.78 is 0. The minimum absolute atomic E-state index is 0.452. The zero-order valence-corrected chi connectivity index (χ0v) is 9.00. The molecule has 2 rings (SSSR count). The Hall–Kier alpha value is -2.41. The molecule has 4 N–H and O–H groups in total. The maximum atomic E-state index is 11.0. The molecule has 1 heterocycles. The van der Waals surface area contributed by atoms with Gasteiger partial charge in [-0.05, 0) is 17.7 Å². The van der Waals surface area contributed by atoms with Gasteiger partial charge in [-0.3, -0.25) is 5.43 Å². The van der Waals surface area contributed by atoms with Gasteiger partial charge in [0.15, 0.2) is 0 Å². The second kappa shape index (κ2) is 5.08. The van der Waals surface area contributed by atoms with Crippen molar-refractivity contribution in [1.29, 1.82) is 0 Å². The van der Waals surface area contributed by atoms with Crippen LogP contribution in [0.3, 0.4) is 0 Å². The Morgan fingerprint density at radius 2 is 1.88 bits per heavy atom. The van der Waals surface area contributed by atoms with Crippen LogP contribution in [0.1, 0.15) is 5.56 Å². The van der Waals surface area contributed by atoms with Crippen molar-refractivity contribution >= 4 is 11.7 Å². The molecule has 1 aromatic heterocycles. The number of urea groups is 1. The minimum atomic E-state index is -0.452. The molecule has 7 heteroatoms. The van der Waals surface area contributed by atoms with E-state index in [4.69, 9.17) is 5.84 Å². The van der Waals surface area contributed by atoms with Crippen LogP contribution >= 0.6 is 0 Å². The van der Waals surface area contributed by atoms with E-state index < -0.39 is 6.03 Å². The number of carbonyl (C=O) groups is 1. The first-order chi connectivity index (χ1) is 8.28. The summed E-state index contributed by atoms with van der Waals surface area (Å²) in [4.78, 5) is 12.5. The second-order valence-corrected chi connectivity index (χ2v) is 3.35. The fraction of sp³-hybridized carbons (Fsp3) is 0.100. The highest BCUT2D eigenvalue weighted by Gasteiger charge is 2.00. The van der Waals surface area contributed by atoms with Gasteiger partial charge in [-0.25, -0.2) is 10.6 Å². The molecule has 2 amide bonds. The Kier molecular flexibility index (Phi) is 3.31. The number of amides is 2. The van der Waals surface area contributed by atoms with E-state index in [1.165, 1.54) is 0 Å². The lowest BCUT2D eigenvalue weighted by atomic mass is 10.2. The van der Waals surface area contributed by atoms with Gasteiger partial charge < -0.3 is 5.32 Å². The van der Waals surface area contributed by atoms with E-state index >= 15 is 0 Å². The molecule has 17 heavy (non-hydrogen) atoms. The van der Waals surface area contributed by atoms with Crippen molar-refractivity contribution in [3.05, 3.63) is 42.2 Å². The van der Waals surface area contributed by atoms with Crippen molar-refractivity contribution in [2.75, 3.05) is 5.32 Å². The average Bonchev–Trinajstić information content (AvgIpc) is 2.84. The van der Waals surface area contributed by atoms with Gasteiger partial charge >= 0.3 is 6.03 Å². The predicted molar refractivity (Wildman–Crippen MR) is 61.9 cm³/mol. The van der Waals surface area contributed by atoms with Gasteiger partial charge in [0.05, 0.1) is 18.9 Å². The van der Waals surface area contributed by atoms with Crippen LogP contribution in [0.2, 0.25) is 0 Å². The van der Waals surface area contributed by atoms with E-state index in [1.807, 2.05) is 17.6 Å². The van der Waals surface area contributed by atoms with Crippen molar-refractivity contribution in [2.24, 2.45) is 5.84 Å². The maximum absolute atomic E-state index is 11.0. The number of aromatic nitrogens is 3. The molecule has 0 spiro atoms. The predicted octanol–water partition coefficient (Wildman–Crippen LogP) is 0.322. The van der Waals surface area contributed by atoms with E-state index in [0.717, 1.165) is 5.56 Å². The summed E-state index contributed by atoms with van der Waals surface area (Å²) in [5.41, 5.74) is 3.70. The summed E-state index contributed by atoms with van der Waals surface area (Å²) in [5, 5.41) is 10.6. The first kappa shape index (κ1) is 11.1. The molecule has 0 unspecified atom stereocenters. The van der Waals surface area contributed by atoms with E-state index in [1.54, 1.807) is 29.3 Å². The Morgan fingerprint density at radius 3 is 2.47 bits per heavy atom. The van der Waals surface area contributed by atoms with Crippen molar-refractivity contribution in [3.63, 3.8) is 0 Å². The largest absolute Gasteiger partial charge is 0.333 e. The molecular weight excluding hydrogens is 220 g/mol. The summed E-state index contributed by atoms with van der Waals surface area (Å²) in [5.74, 6) is 4.96. The van der Waals surface area contributed by atoms with Gasteiger partial charge in [-0.2, -0.15) is 15.0 Å². The van der Waals surface area contributed by atoms with Gasteiger partial charge in [0.2, 0.25) is 0 Å². The molecule has 0 saturated carbocycles. The molecule has 0 atom stereocenters. The lowest BCUT2D eigenvalue weighted by Gasteiger charge is -2.05. The third-order valence-electron chi connectivity index (χ3n) is 2.13. The summed E-state index contributed by atoms with van der Waals surface area (Å²) in [6.45, 7) is 0.594. The lowest BCUT2D eigenvalue weighted by Crippen LogP contribution is -2.34. The monoisotopic (exact) mass is 232 g/mol. The topological polar surface area (TPSA) is 97.9 Å². The van der Waals surface area contributed by atoms with Gasteiger partial charge in [0.1, 0.15) is 0 Å². The number of nitrogens with zero attached hydrogens (tertiary/aromatic N) is 3. The number of benzene rings is 1. The van der Waals surface area contributed by atoms with Crippen molar-refractivity contribution < 1.29 is 4.79 Å². The van der Waals surface area contributed by atoms with Gasteiger partial charge in [0.25, 0.3) is 0 Å². The van der Waals surface area contributed by atoms with Crippen LogP contribution in [0.25, 0.3) is 0 Å². The van der Waals surface area contributed by atoms with Crippen LogP contribution in [-0.2, 0) is 6.54 Å². The first-order valence-electron chi connectivity index (χ1n) is 4.98. The third kappa shape index (κ3) is 3.02. The summed E-state index contributed by atoms with van der Waals surface area (Å²) in [7, 11) is 0. The molecule has 0 aliphatic rings. The number of hydrogen-bond acceptors (Lipinski definition) is 4. The molecule has 0 saturated heterocycles. The zero-order valence-electron chi connectivity index (χ0n) is 9.00. The maximum Gasteiger partial charge on any atom is 0.333 e. The SMILES string of the molecule is NNC(=O)Nc1ccc(Cn2nccn2)cc1. The number of nitrogens with two attached hydrogens (primary N) is 1. The first-order valence-corrected chi connectivity index (χ1v) is 4.98. The number of rotatable bonds is 3. The van der Waals surface area contributed by atoms with E-state index in [9.17, 15) is 4.79 Å².